The maximum Gasteiger partial charge on any atom is 0.263 e. The van der Waals surface area contributed by atoms with E-state index in [0.29, 0.717) is 43.1 Å². The number of nitrogens with two attached hydrogens (primary N) is 1. The van der Waals surface area contributed by atoms with Gasteiger partial charge in [-0.15, -0.1) is 12.4 Å². The number of hydrogen-bond acceptors (Lipinski definition) is 5. The maximum absolute atomic E-state index is 13.0. The van der Waals surface area contributed by atoms with Gasteiger partial charge in [0, 0.05) is 31.9 Å². The number of piperidine rings is 1. The molecular formula is C22H30ClN3O4. The first-order valence-corrected chi connectivity index (χ1v) is 9.90. The fourth-order valence-electron chi connectivity index (χ4n) is 3.74. The van der Waals surface area contributed by atoms with Gasteiger partial charge in [-0.1, -0.05) is 6.07 Å². The van der Waals surface area contributed by atoms with Crippen molar-refractivity contribution in [3.8, 4) is 11.5 Å². The number of pyridine rings is 1. The summed E-state index contributed by atoms with van der Waals surface area (Å²) in [6.45, 7) is 3.41. The van der Waals surface area contributed by atoms with E-state index in [1.165, 1.54) is 0 Å². The highest BCUT2D eigenvalue weighted by atomic mass is 35.5. The molecule has 164 valence electrons. The third-order valence-electron chi connectivity index (χ3n) is 5.42. The quantitative estimate of drug-likeness (QED) is 0.752. The number of nitrogens with zero attached hydrogens (tertiary/aromatic N) is 2. The molecule has 30 heavy (non-hydrogen) atoms. The van der Waals surface area contributed by atoms with Gasteiger partial charge in [-0.3, -0.25) is 9.59 Å². The summed E-state index contributed by atoms with van der Waals surface area (Å²) >= 11 is 0. The molecule has 1 saturated heterocycles. The first-order valence-electron chi connectivity index (χ1n) is 9.90. The van der Waals surface area contributed by atoms with Crippen LogP contribution in [0.2, 0.25) is 0 Å². The standard InChI is InChI=1S/C22H29N3O4.ClH/c1-15-8-11-24(12-9-16-6-7-18(28-2)19(13-16)29-3)21(26)20(15)22(27)25-10-4-5-17(23)14-25;/h6-8,11,13,17H,4-5,9-10,12,14,23H2,1-3H3;1H. The highest BCUT2D eigenvalue weighted by Crippen LogP contribution is 2.27. The Morgan fingerprint density at radius 3 is 2.60 bits per heavy atom. The van der Waals surface area contributed by atoms with Crippen molar-refractivity contribution < 1.29 is 14.3 Å². The highest BCUT2D eigenvalue weighted by Gasteiger charge is 2.26. The van der Waals surface area contributed by atoms with Gasteiger partial charge in [0.1, 0.15) is 5.56 Å². The first kappa shape index (κ1) is 23.8. The van der Waals surface area contributed by atoms with E-state index in [9.17, 15) is 9.59 Å². The molecule has 1 atom stereocenters. The van der Waals surface area contributed by atoms with Gasteiger partial charge in [-0.05, 0) is 55.5 Å². The number of aromatic nitrogens is 1. The maximum atomic E-state index is 13.0. The average molecular weight is 436 g/mol. The lowest BCUT2D eigenvalue weighted by Crippen LogP contribution is -2.47. The fraction of sp³-hybridized carbons (Fsp3) is 0.455. The molecule has 7 nitrogen and oxygen atoms in total. The number of carbonyl (C=O) groups is 1. The van der Waals surface area contributed by atoms with Gasteiger partial charge >= 0.3 is 0 Å². The lowest BCUT2D eigenvalue weighted by molar-refractivity contribution is 0.0705. The van der Waals surface area contributed by atoms with E-state index in [4.69, 9.17) is 15.2 Å². The number of benzene rings is 1. The summed E-state index contributed by atoms with van der Waals surface area (Å²) in [5, 5.41) is 0. The van der Waals surface area contributed by atoms with E-state index in [0.717, 1.165) is 18.4 Å². The van der Waals surface area contributed by atoms with Crippen molar-refractivity contribution >= 4 is 18.3 Å². The Balaban J connectivity index is 0.00000320. The van der Waals surface area contributed by atoms with Crippen molar-refractivity contribution in [1.29, 1.82) is 0 Å². The third-order valence-corrected chi connectivity index (χ3v) is 5.42. The van der Waals surface area contributed by atoms with Gasteiger partial charge in [-0.25, -0.2) is 0 Å². The van der Waals surface area contributed by atoms with Gasteiger partial charge in [-0.2, -0.15) is 0 Å². The van der Waals surface area contributed by atoms with Crippen molar-refractivity contribution in [2.45, 2.75) is 38.8 Å². The first-order chi connectivity index (χ1) is 13.9. The Morgan fingerprint density at radius 2 is 1.93 bits per heavy atom. The molecule has 1 unspecified atom stereocenters. The van der Waals surface area contributed by atoms with Gasteiger partial charge < -0.3 is 24.7 Å². The van der Waals surface area contributed by atoms with E-state index >= 15 is 0 Å². The largest absolute Gasteiger partial charge is 0.493 e. The minimum atomic E-state index is -0.255. The molecular weight excluding hydrogens is 406 g/mol. The molecule has 2 N–H and O–H groups in total. The van der Waals surface area contributed by atoms with Crippen LogP contribution in [0.3, 0.4) is 0 Å². The molecule has 2 aromatic rings. The third kappa shape index (κ3) is 5.15. The minimum absolute atomic E-state index is 0. The Labute approximate surface area is 183 Å². The summed E-state index contributed by atoms with van der Waals surface area (Å²) in [6.07, 6.45) is 4.15. The lowest BCUT2D eigenvalue weighted by atomic mass is 10.0. The number of amides is 1. The number of hydrogen-bond donors (Lipinski definition) is 1. The Morgan fingerprint density at radius 1 is 1.20 bits per heavy atom. The summed E-state index contributed by atoms with van der Waals surface area (Å²) in [5.74, 6) is 1.10. The monoisotopic (exact) mass is 435 g/mol. The van der Waals surface area contributed by atoms with Crippen molar-refractivity contribution in [1.82, 2.24) is 9.47 Å². The number of likely N-dealkylation sites (tertiary alicyclic amines) is 1. The second-order valence-corrected chi connectivity index (χ2v) is 7.47. The van der Waals surface area contributed by atoms with Crippen LogP contribution in [0.25, 0.3) is 0 Å². The molecule has 1 aliphatic heterocycles. The molecule has 1 aliphatic rings. The normalized spacial score (nSPS) is 16.0. The second kappa shape index (κ2) is 10.5. The number of halogens is 1. The number of methoxy groups -OCH3 is 2. The molecule has 1 fully saturated rings. The average Bonchev–Trinajstić information content (AvgIpc) is 2.72. The zero-order chi connectivity index (χ0) is 21.0. The van der Waals surface area contributed by atoms with Crippen molar-refractivity contribution in [2.24, 2.45) is 5.73 Å². The van der Waals surface area contributed by atoms with Crippen LogP contribution in [-0.4, -0.2) is 48.7 Å². The van der Waals surface area contributed by atoms with Crippen LogP contribution in [0.4, 0.5) is 0 Å². The predicted molar refractivity (Wildman–Crippen MR) is 119 cm³/mol. The van der Waals surface area contributed by atoms with Gasteiger partial charge in [0.2, 0.25) is 0 Å². The molecule has 1 aromatic heterocycles. The van der Waals surface area contributed by atoms with E-state index in [1.807, 2.05) is 24.3 Å². The van der Waals surface area contributed by atoms with Crippen LogP contribution < -0.4 is 20.8 Å². The summed E-state index contributed by atoms with van der Waals surface area (Å²) < 4.78 is 12.2. The van der Waals surface area contributed by atoms with Crippen LogP contribution in [0.15, 0.2) is 35.3 Å². The summed E-state index contributed by atoms with van der Waals surface area (Å²) in [4.78, 5) is 27.7. The van der Waals surface area contributed by atoms with Crippen molar-refractivity contribution in [3.05, 3.63) is 57.5 Å². The lowest BCUT2D eigenvalue weighted by Gasteiger charge is -2.31. The summed E-state index contributed by atoms with van der Waals surface area (Å²) in [6, 6.07) is 7.50. The fourth-order valence-corrected chi connectivity index (χ4v) is 3.74. The van der Waals surface area contributed by atoms with Crippen LogP contribution in [0.5, 0.6) is 11.5 Å². The number of carbonyl (C=O) groups excluding carboxylic acids is 1. The van der Waals surface area contributed by atoms with E-state index in [-0.39, 0.29) is 35.5 Å². The molecule has 8 heteroatoms. The molecule has 1 amide bonds. The molecule has 0 saturated carbocycles. The molecule has 2 heterocycles. The van der Waals surface area contributed by atoms with Gasteiger partial charge in [0.25, 0.3) is 11.5 Å². The van der Waals surface area contributed by atoms with Gasteiger partial charge in [0.05, 0.1) is 14.2 Å². The van der Waals surface area contributed by atoms with Crippen molar-refractivity contribution in [2.75, 3.05) is 27.3 Å². The Hall–Kier alpha value is -2.51. The predicted octanol–water partition coefficient (Wildman–Crippen LogP) is 2.40. The van der Waals surface area contributed by atoms with Crippen molar-refractivity contribution in [3.63, 3.8) is 0 Å². The van der Waals surface area contributed by atoms with Crippen LogP contribution in [0.1, 0.15) is 34.3 Å². The Kier molecular flexibility index (Phi) is 8.32. The topological polar surface area (TPSA) is 86.8 Å². The van der Waals surface area contributed by atoms with E-state index < -0.39 is 0 Å². The van der Waals surface area contributed by atoms with E-state index in [1.54, 1.807) is 36.8 Å². The highest BCUT2D eigenvalue weighted by molar-refractivity contribution is 5.95. The summed E-state index contributed by atoms with van der Waals surface area (Å²) in [7, 11) is 3.19. The molecule has 0 bridgehead atoms. The van der Waals surface area contributed by atoms with Crippen LogP contribution in [0, 0.1) is 6.92 Å². The Bertz CT molecular complexity index is 944. The summed E-state index contributed by atoms with van der Waals surface area (Å²) in [5.41, 5.74) is 7.71. The number of rotatable bonds is 6. The number of aryl methyl sites for hydroxylation is 3. The van der Waals surface area contributed by atoms with Gasteiger partial charge in [0.15, 0.2) is 11.5 Å². The zero-order valence-corrected chi connectivity index (χ0v) is 18.5. The molecule has 3 rings (SSSR count). The molecule has 1 aromatic carbocycles. The number of ether oxygens (including phenoxy) is 2. The SMILES string of the molecule is COc1ccc(CCn2ccc(C)c(C(=O)N3CCCC(N)C3)c2=O)cc1OC.Cl. The minimum Gasteiger partial charge on any atom is -0.493 e. The smallest absolute Gasteiger partial charge is 0.263 e. The zero-order valence-electron chi connectivity index (χ0n) is 17.7. The molecule has 0 spiro atoms. The molecule has 0 radical (unpaired) electrons. The van der Waals surface area contributed by atoms with E-state index in [2.05, 4.69) is 0 Å². The second-order valence-electron chi connectivity index (χ2n) is 7.47. The molecule has 0 aliphatic carbocycles. The van der Waals surface area contributed by atoms with Crippen LogP contribution >= 0.6 is 12.4 Å². The van der Waals surface area contributed by atoms with Crippen LogP contribution in [-0.2, 0) is 13.0 Å².